The molecule has 0 saturated carbocycles. The van der Waals surface area contributed by atoms with Gasteiger partial charge in [-0.1, -0.05) is 24.3 Å². The highest BCUT2D eigenvalue weighted by Gasteiger charge is 2.15. The minimum absolute atomic E-state index is 0.0371. The quantitative estimate of drug-likeness (QED) is 0.462. The molecule has 0 aliphatic rings. The molecule has 0 radical (unpaired) electrons. The van der Waals surface area contributed by atoms with E-state index >= 15 is 0 Å². The predicted molar refractivity (Wildman–Crippen MR) is 111 cm³/mol. The van der Waals surface area contributed by atoms with Crippen molar-refractivity contribution in [3.05, 3.63) is 84.4 Å². The summed E-state index contributed by atoms with van der Waals surface area (Å²) in [6.07, 6.45) is 5.30. The lowest BCUT2D eigenvalue weighted by atomic mass is 10.1. The van der Waals surface area contributed by atoms with Crippen LogP contribution in [0.3, 0.4) is 0 Å². The van der Waals surface area contributed by atoms with Crippen LogP contribution >= 0.6 is 0 Å². The summed E-state index contributed by atoms with van der Waals surface area (Å²) in [5.74, 6) is 0. The Kier molecular flexibility index (Phi) is 3.99. The number of benzene rings is 2. The summed E-state index contributed by atoms with van der Waals surface area (Å²) >= 11 is 0. The highest BCUT2D eigenvalue weighted by atomic mass is 15.1. The number of fused-ring (bicyclic) bond motifs is 2. The number of nitriles is 1. The summed E-state index contributed by atoms with van der Waals surface area (Å²) in [7, 11) is 0. The second-order valence-corrected chi connectivity index (χ2v) is 6.87. The molecule has 0 bridgehead atoms. The van der Waals surface area contributed by atoms with Gasteiger partial charge in [0.1, 0.15) is 0 Å². The molecule has 5 aromatic rings. The van der Waals surface area contributed by atoms with Crippen LogP contribution in [0.4, 0.5) is 0 Å². The lowest BCUT2D eigenvalue weighted by Gasteiger charge is -2.15. The van der Waals surface area contributed by atoms with E-state index in [1.54, 1.807) is 30.9 Å². The molecule has 0 spiro atoms. The molecule has 1 atom stereocenters. The van der Waals surface area contributed by atoms with Crippen LogP contribution in [0.2, 0.25) is 0 Å². The van der Waals surface area contributed by atoms with Crippen molar-refractivity contribution in [2.75, 3.05) is 0 Å². The molecule has 0 amide bonds. The lowest BCUT2D eigenvalue weighted by molar-refractivity contribution is 0.653. The second-order valence-electron chi connectivity index (χ2n) is 6.87. The van der Waals surface area contributed by atoms with E-state index in [4.69, 9.17) is 10.2 Å². The molecule has 2 aromatic carbocycles. The van der Waals surface area contributed by atoms with Crippen LogP contribution in [0.15, 0.2) is 73.3 Å². The number of hydrogen-bond donors (Lipinski definition) is 0. The Morgan fingerprint density at radius 1 is 1.00 bits per heavy atom. The average Bonchev–Trinajstić information content (AvgIpc) is 3.21. The topological polar surface area (TPSA) is 80.3 Å². The first kappa shape index (κ1) is 17.0. The van der Waals surface area contributed by atoms with Gasteiger partial charge in [0.05, 0.1) is 41.4 Å². The Morgan fingerprint density at radius 2 is 1.86 bits per heavy atom. The van der Waals surface area contributed by atoms with Gasteiger partial charge in [-0.3, -0.25) is 4.98 Å². The van der Waals surface area contributed by atoms with Gasteiger partial charge in [0.25, 0.3) is 0 Å². The molecule has 6 nitrogen and oxygen atoms in total. The third-order valence-corrected chi connectivity index (χ3v) is 5.12. The van der Waals surface area contributed by atoms with Crippen LogP contribution in [0.25, 0.3) is 33.5 Å². The molecule has 0 aliphatic carbocycles. The number of nitrogens with zero attached hydrogens (tertiary/aromatic N) is 6. The molecule has 1 unspecified atom stereocenters. The number of imidazole rings is 1. The Bertz CT molecular complexity index is 1380. The molecule has 29 heavy (non-hydrogen) atoms. The first-order chi connectivity index (χ1) is 14.2. The smallest absolute Gasteiger partial charge is 0.197 e. The maximum Gasteiger partial charge on any atom is 0.197 e. The zero-order chi connectivity index (χ0) is 19.8. The van der Waals surface area contributed by atoms with Crippen LogP contribution in [-0.4, -0.2) is 24.5 Å². The van der Waals surface area contributed by atoms with Crippen LogP contribution in [0, 0.1) is 11.3 Å². The third-order valence-electron chi connectivity index (χ3n) is 5.12. The maximum absolute atomic E-state index is 8.99. The first-order valence-electron chi connectivity index (χ1n) is 9.28. The summed E-state index contributed by atoms with van der Waals surface area (Å²) in [5.41, 5.74) is 5.74. The number of aromatic nitrogens is 5. The summed E-state index contributed by atoms with van der Waals surface area (Å²) in [4.78, 5) is 18.1. The lowest BCUT2D eigenvalue weighted by Crippen LogP contribution is -2.07. The van der Waals surface area contributed by atoms with Crippen molar-refractivity contribution in [3.63, 3.8) is 0 Å². The number of hydrogen-bond acceptors (Lipinski definition) is 5. The van der Waals surface area contributed by atoms with Crippen molar-refractivity contribution in [3.8, 4) is 17.3 Å². The van der Waals surface area contributed by atoms with Crippen LogP contribution in [-0.2, 0) is 0 Å². The van der Waals surface area contributed by atoms with Crippen LogP contribution in [0.5, 0.6) is 0 Å². The minimum atomic E-state index is 0.0371. The van der Waals surface area contributed by atoms with Crippen molar-refractivity contribution in [2.45, 2.75) is 13.0 Å². The molecule has 0 aliphatic heterocycles. The number of pyridine rings is 1. The number of rotatable bonds is 3. The highest BCUT2D eigenvalue weighted by Crippen LogP contribution is 2.26. The Labute approximate surface area is 167 Å². The molecular weight excluding hydrogens is 360 g/mol. The average molecular weight is 376 g/mol. The Balaban J connectivity index is 1.57. The molecular formula is C23H16N6. The van der Waals surface area contributed by atoms with E-state index in [0.717, 1.165) is 33.4 Å². The van der Waals surface area contributed by atoms with E-state index in [2.05, 4.69) is 46.1 Å². The fraction of sp³-hybridized carbons (Fsp3) is 0.0870. The van der Waals surface area contributed by atoms with Crippen molar-refractivity contribution in [1.82, 2.24) is 24.5 Å². The van der Waals surface area contributed by atoms with Gasteiger partial charge in [-0.15, -0.1) is 0 Å². The van der Waals surface area contributed by atoms with Gasteiger partial charge in [-0.2, -0.15) is 5.26 Å². The second kappa shape index (κ2) is 6.80. The van der Waals surface area contributed by atoms with E-state index in [-0.39, 0.29) is 6.04 Å². The monoisotopic (exact) mass is 376 g/mol. The predicted octanol–water partition coefficient (Wildman–Crippen LogP) is 4.52. The molecule has 0 saturated heterocycles. The maximum atomic E-state index is 8.99. The fourth-order valence-corrected chi connectivity index (χ4v) is 3.46. The molecule has 0 N–H and O–H groups in total. The van der Waals surface area contributed by atoms with Crippen LogP contribution < -0.4 is 0 Å². The Hall–Kier alpha value is -4.11. The van der Waals surface area contributed by atoms with Crippen molar-refractivity contribution in [2.24, 2.45) is 0 Å². The van der Waals surface area contributed by atoms with Gasteiger partial charge in [-0.25, -0.2) is 15.0 Å². The van der Waals surface area contributed by atoms with Gasteiger partial charge in [-0.05, 0) is 42.8 Å². The summed E-state index contributed by atoms with van der Waals surface area (Å²) < 4.78 is 2.03. The summed E-state index contributed by atoms with van der Waals surface area (Å²) in [5, 5.41) is 10.1. The molecule has 6 heteroatoms. The molecule has 138 valence electrons. The van der Waals surface area contributed by atoms with E-state index in [1.807, 2.05) is 28.8 Å². The normalized spacial score (nSPS) is 12.1. The van der Waals surface area contributed by atoms with Crippen molar-refractivity contribution >= 4 is 22.2 Å². The molecule has 3 aromatic heterocycles. The molecule has 3 heterocycles. The van der Waals surface area contributed by atoms with Gasteiger partial charge >= 0.3 is 0 Å². The summed E-state index contributed by atoms with van der Waals surface area (Å²) in [6, 6.07) is 19.8. The zero-order valence-electron chi connectivity index (χ0n) is 15.7. The van der Waals surface area contributed by atoms with Gasteiger partial charge in [0.15, 0.2) is 11.3 Å². The SMILES string of the molecule is CC(c1ccc2ncccc2c1)n1cnc2ncc(-c3ccc(C#N)cc3)nc21. The van der Waals surface area contributed by atoms with Crippen molar-refractivity contribution in [1.29, 1.82) is 5.26 Å². The molecule has 5 rings (SSSR count). The van der Waals surface area contributed by atoms with E-state index < -0.39 is 0 Å². The standard InChI is InChI=1S/C23H16N6/c1-15(18-8-9-20-19(11-18)3-2-10-25-20)29-14-27-22-23(29)28-21(13-26-22)17-6-4-16(12-24)5-7-17/h2-11,13-15H,1H3. The largest absolute Gasteiger partial charge is 0.307 e. The van der Waals surface area contributed by atoms with E-state index in [9.17, 15) is 0 Å². The van der Waals surface area contributed by atoms with Crippen molar-refractivity contribution < 1.29 is 0 Å². The van der Waals surface area contributed by atoms with Crippen LogP contribution in [0.1, 0.15) is 24.1 Å². The van der Waals surface area contributed by atoms with Gasteiger partial charge in [0, 0.05) is 17.1 Å². The fourth-order valence-electron chi connectivity index (χ4n) is 3.46. The third kappa shape index (κ3) is 2.99. The van der Waals surface area contributed by atoms with E-state index in [1.165, 1.54) is 0 Å². The highest BCUT2D eigenvalue weighted by molar-refractivity contribution is 5.79. The molecule has 0 fully saturated rings. The Morgan fingerprint density at radius 3 is 2.69 bits per heavy atom. The minimum Gasteiger partial charge on any atom is -0.307 e. The first-order valence-corrected chi connectivity index (χ1v) is 9.28. The van der Waals surface area contributed by atoms with E-state index in [0.29, 0.717) is 11.2 Å². The van der Waals surface area contributed by atoms with Gasteiger partial charge in [0.2, 0.25) is 0 Å². The van der Waals surface area contributed by atoms with Gasteiger partial charge < -0.3 is 4.57 Å². The zero-order valence-corrected chi connectivity index (χ0v) is 15.7. The summed E-state index contributed by atoms with van der Waals surface area (Å²) in [6.45, 7) is 2.12.